The predicted molar refractivity (Wildman–Crippen MR) is 102 cm³/mol. The van der Waals surface area contributed by atoms with Gasteiger partial charge in [0.2, 0.25) is 12.2 Å². The summed E-state index contributed by atoms with van der Waals surface area (Å²) in [5.41, 5.74) is 0. The van der Waals surface area contributed by atoms with E-state index in [1.807, 2.05) is 0 Å². The molecular formula is C20H40N2O2. The van der Waals surface area contributed by atoms with E-state index in [1.54, 1.807) is 0 Å². The smallest absolute Gasteiger partial charge is 0.222 e. The third-order valence-electron chi connectivity index (χ3n) is 3.96. The summed E-state index contributed by atoms with van der Waals surface area (Å²) >= 11 is 0. The van der Waals surface area contributed by atoms with E-state index in [4.69, 9.17) is 20.4 Å². The molecule has 24 heavy (non-hydrogen) atoms. The molecule has 0 saturated heterocycles. The summed E-state index contributed by atoms with van der Waals surface area (Å²) in [4.78, 5) is 16.7. The molecule has 0 bridgehead atoms. The van der Waals surface area contributed by atoms with Crippen molar-refractivity contribution < 1.29 is 9.59 Å². The molecule has 0 aliphatic heterocycles. The maximum Gasteiger partial charge on any atom is 0.231 e. The van der Waals surface area contributed by atoms with E-state index in [0.717, 1.165) is 12.2 Å². The minimum absolute atomic E-state index is 0.750. The second kappa shape index (κ2) is 33.4. The molecule has 0 rings (SSSR count). The van der Waals surface area contributed by atoms with Gasteiger partial charge in [-0.05, 0) is 0 Å². The fourth-order valence-electron chi connectivity index (χ4n) is 2.62. The molecule has 0 atom stereocenters. The van der Waals surface area contributed by atoms with E-state index in [2.05, 4.69) is 13.8 Å². The quantitative estimate of drug-likeness (QED) is 0.190. The van der Waals surface area contributed by atoms with Crippen LogP contribution in [0.3, 0.4) is 0 Å². The van der Waals surface area contributed by atoms with Gasteiger partial charge in [0.1, 0.15) is 0 Å². The lowest BCUT2D eigenvalue weighted by molar-refractivity contribution is 0.531. The normalized spacial score (nSPS) is 8.92. The third-order valence-corrected chi connectivity index (χ3v) is 3.96. The first-order chi connectivity index (χ1) is 11.7. The summed E-state index contributed by atoms with van der Waals surface area (Å²) in [5.74, 6) is 0. The molecule has 0 spiro atoms. The predicted octanol–water partition coefficient (Wildman–Crippen LogP) is 7.07. The maximum absolute atomic E-state index is 8.35. The van der Waals surface area contributed by atoms with Gasteiger partial charge in [0, 0.05) is 0 Å². The molecule has 0 saturated carbocycles. The molecule has 0 aromatic heterocycles. The largest absolute Gasteiger partial charge is 0.231 e. The van der Waals surface area contributed by atoms with Gasteiger partial charge in [-0.25, -0.2) is 20.4 Å². The molecule has 0 aliphatic rings. The highest BCUT2D eigenvalue weighted by molar-refractivity contribution is 5.26. The highest BCUT2D eigenvalue weighted by Crippen LogP contribution is 2.13. The Morgan fingerprint density at radius 3 is 0.708 bits per heavy atom. The summed E-state index contributed by atoms with van der Waals surface area (Å²) in [6, 6.07) is 0. The van der Waals surface area contributed by atoms with Crippen LogP contribution in [0.2, 0.25) is 0 Å². The van der Waals surface area contributed by atoms with Crippen molar-refractivity contribution in [3.8, 4) is 0 Å². The van der Waals surface area contributed by atoms with Gasteiger partial charge in [-0.2, -0.15) is 0 Å². The first-order valence-electron chi connectivity index (χ1n) is 9.82. The minimum atomic E-state index is 0.750. The van der Waals surface area contributed by atoms with Crippen LogP contribution in [0.5, 0.6) is 0 Å². The number of isocyanates is 2. The number of hydrogen-bond donors (Lipinski definition) is 2. The molecule has 0 aromatic carbocycles. The molecule has 4 nitrogen and oxygen atoms in total. The fourth-order valence-corrected chi connectivity index (χ4v) is 2.62. The SMILES string of the molecule is CCCCCCCCCCCCCCCCCC.N=C=O.N=C=O. The molecular weight excluding hydrogens is 300 g/mol. The number of nitrogens with one attached hydrogen (secondary N) is 2. The molecule has 2 N–H and O–H groups in total. The maximum atomic E-state index is 8.35. The Labute approximate surface area is 149 Å². The van der Waals surface area contributed by atoms with Crippen LogP contribution in [-0.2, 0) is 9.59 Å². The number of unbranched alkanes of at least 4 members (excludes halogenated alkanes) is 15. The zero-order chi connectivity index (χ0) is 18.7. The fraction of sp³-hybridized carbons (Fsp3) is 0.900. The van der Waals surface area contributed by atoms with E-state index in [-0.39, 0.29) is 0 Å². The van der Waals surface area contributed by atoms with Gasteiger partial charge in [-0.3, -0.25) is 0 Å². The van der Waals surface area contributed by atoms with Crippen LogP contribution in [0, 0.1) is 10.8 Å². The van der Waals surface area contributed by atoms with Gasteiger partial charge in [0.15, 0.2) is 0 Å². The van der Waals surface area contributed by atoms with E-state index in [0.29, 0.717) is 0 Å². The van der Waals surface area contributed by atoms with Crippen molar-refractivity contribution >= 4 is 12.2 Å². The minimum Gasteiger partial charge on any atom is -0.222 e. The van der Waals surface area contributed by atoms with Crippen LogP contribution < -0.4 is 0 Å². The lowest BCUT2D eigenvalue weighted by atomic mass is 10.0. The Balaban J connectivity index is -0.000000635. The average Bonchev–Trinajstić information content (AvgIpc) is 2.57. The van der Waals surface area contributed by atoms with Gasteiger partial charge < -0.3 is 0 Å². The summed E-state index contributed by atoms with van der Waals surface area (Å²) in [6.07, 6.45) is 24.9. The average molecular weight is 341 g/mol. The Hall–Kier alpha value is -1.24. The third kappa shape index (κ3) is 42.8. The Morgan fingerprint density at radius 1 is 0.458 bits per heavy atom. The van der Waals surface area contributed by atoms with Crippen LogP contribution >= 0.6 is 0 Å². The highest BCUT2D eigenvalue weighted by Gasteiger charge is 1.93. The molecule has 0 aliphatic carbocycles. The zero-order valence-electron chi connectivity index (χ0n) is 16.1. The Bertz CT molecular complexity index is 241. The monoisotopic (exact) mass is 340 g/mol. The van der Waals surface area contributed by atoms with Crippen molar-refractivity contribution in [2.75, 3.05) is 0 Å². The molecule has 0 radical (unpaired) electrons. The lowest BCUT2D eigenvalue weighted by Gasteiger charge is -2.03. The van der Waals surface area contributed by atoms with Gasteiger partial charge in [0.05, 0.1) is 0 Å². The van der Waals surface area contributed by atoms with Crippen molar-refractivity contribution in [1.82, 2.24) is 0 Å². The number of hydrogen-bond acceptors (Lipinski definition) is 4. The van der Waals surface area contributed by atoms with Crippen molar-refractivity contribution in [3.05, 3.63) is 0 Å². The molecule has 0 fully saturated rings. The van der Waals surface area contributed by atoms with Gasteiger partial charge in [-0.1, -0.05) is 117 Å². The second-order valence-electron chi connectivity index (χ2n) is 6.15. The standard InChI is InChI=1S/C18H38.2CHNO/c1-3-5-7-9-11-13-15-17-18-16-14-12-10-8-6-4-2;2*2-1-3/h3-18H2,1-2H3;2*2H. The second-order valence-corrected chi connectivity index (χ2v) is 6.15. The summed E-state index contributed by atoms with van der Waals surface area (Å²) < 4.78 is 0. The lowest BCUT2D eigenvalue weighted by Crippen LogP contribution is -1.83. The van der Waals surface area contributed by atoms with Gasteiger partial charge in [0.25, 0.3) is 0 Å². The topological polar surface area (TPSA) is 81.8 Å². The summed E-state index contributed by atoms with van der Waals surface area (Å²) in [7, 11) is 0. The summed E-state index contributed by atoms with van der Waals surface area (Å²) in [6.45, 7) is 4.59. The molecule has 0 aromatic rings. The van der Waals surface area contributed by atoms with Gasteiger partial charge in [-0.15, -0.1) is 0 Å². The van der Waals surface area contributed by atoms with Crippen molar-refractivity contribution in [2.24, 2.45) is 0 Å². The molecule has 0 heterocycles. The van der Waals surface area contributed by atoms with E-state index in [9.17, 15) is 0 Å². The van der Waals surface area contributed by atoms with Crippen LogP contribution in [0.4, 0.5) is 0 Å². The molecule has 142 valence electrons. The first-order valence-corrected chi connectivity index (χ1v) is 9.82. The van der Waals surface area contributed by atoms with Crippen molar-refractivity contribution in [2.45, 2.75) is 117 Å². The van der Waals surface area contributed by atoms with Crippen molar-refractivity contribution in [1.29, 1.82) is 10.8 Å². The van der Waals surface area contributed by atoms with Crippen LogP contribution in [0.15, 0.2) is 0 Å². The van der Waals surface area contributed by atoms with Gasteiger partial charge >= 0.3 is 0 Å². The molecule has 0 unspecified atom stereocenters. The number of carbonyl (C=O) groups excluding carboxylic acids is 2. The first kappa shape index (κ1) is 27.6. The Kier molecular flexibility index (Phi) is 38.4. The summed E-state index contributed by atoms with van der Waals surface area (Å²) in [5, 5.41) is 10.8. The highest BCUT2D eigenvalue weighted by atomic mass is 16.1. The van der Waals surface area contributed by atoms with Crippen LogP contribution in [0.1, 0.15) is 117 Å². The molecule has 4 heteroatoms. The van der Waals surface area contributed by atoms with E-state index >= 15 is 0 Å². The molecule has 0 amide bonds. The van der Waals surface area contributed by atoms with Crippen LogP contribution in [-0.4, -0.2) is 12.2 Å². The van der Waals surface area contributed by atoms with E-state index < -0.39 is 0 Å². The van der Waals surface area contributed by atoms with E-state index in [1.165, 1.54) is 103 Å². The Morgan fingerprint density at radius 2 is 0.583 bits per heavy atom. The zero-order valence-corrected chi connectivity index (χ0v) is 16.1. The van der Waals surface area contributed by atoms with Crippen LogP contribution in [0.25, 0.3) is 0 Å². The van der Waals surface area contributed by atoms with Crippen molar-refractivity contribution in [3.63, 3.8) is 0 Å². The number of rotatable bonds is 15.